The Bertz CT molecular complexity index is 896. The standard InChI is InChI=1S/C27H34FNO2S/c1-21-18-23(12-13-24(21)28)31-20-26(30)29(22-10-6-5-7-11-22)19-25-27(16-17-32-25)14-8-3-2-4-9-15-27/h5-7,10-13,18,25H,2-4,8-9,14-17,19-20H2,1H3. The van der Waals surface area contributed by atoms with Crippen molar-refractivity contribution >= 4 is 23.4 Å². The van der Waals surface area contributed by atoms with Crippen LogP contribution in [0, 0.1) is 18.2 Å². The number of hydrogen-bond donors (Lipinski definition) is 0. The van der Waals surface area contributed by atoms with Gasteiger partial charge in [-0.25, -0.2) is 4.39 Å². The molecule has 1 saturated carbocycles. The van der Waals surface area contributed by atoms with Crippen molar-refractivity contribution < 1.29 is 13.9 Å². The number of benzene rings is 2. The number of thioether (sulfide) groups is 1. The molecule has 3 nitrogen and oxygen atoms in total. The van der Waals surface area contributed by atoms with Crippen LogP contribution in [0.25, 0.3) is 0 Å². The molecule has 0 bridgehead atoms. The van der Waals surface area contributed by atoms with Crippen molar-refractivity contribution in [1.29, 1.82) is 0 Å². The number of hydrogen-bond acceptors (Lipinski definition) is 3. The van der Waals surface area contributed by atoms with Crippen LogP contribution in [-0.4, -0.2) is 30.1 Å². The fourth-order valence-corrected chi connectivity index (χ4v) is 7.00. The third kappa shape index (κ3) is 5.48. The molecule has 2 fully saturated rings. The Labute approximate surface area is 195 Å². The van der Waals surface area contributed by atoms with E-state index in [1.807, 2.05) is 47.0 Å². The van der Waals surface area contributed by atoms with E-state index >= 15 is 0 Å². The third-order valence-corrected chi connectivity index (χ3v) is 8.65. The molecule has 32 heavy (non-hydrogen) atoms. The second-order valence-corrected chi connectivity index (χ2v) is 10.6. The lowest BCUT2D eigenvalue weighted by Crippen LogP contribution is -2.44. The Kier molecular flexibility index (Phi) is 7.77. The van der Waals surface area contributed by atoms with Crippen molar-refractivity contribution in [1.82, 2.24) is 0 Å². The molecule has 1 atom stereocenters. The summed E-state index contributed by atoms with van der Waals surface area (Å²) in [4.78, 5) is 15.3. The Balaban J connectivity index is 1.50. The van der Waals surface area contributed by atoms with Crippen molar-refractivity contribution in [2.24, 2.45) is 5.41 Å². The summed E-state index contributed by atoms with van der Waals surface area (Å²) in [6.07, 6.45) is 10.5. The van der Waals surface area contributed by atoms with E-state index in [0.717, 1.165) is 12.2 Å². The van der Waals surface area contributed by atoms with Crippen LogP contribution in [0.5, 0.6) is 5.75 Å². The van der Waals surface area contributed by atoms with E-state index in [9.17, 15) is 9.18 Å². The largest absolute Gasteiger partial charge is 0.484 e. The molecule has 1 heterocycles. The third-order valence-electron chi connectivity index (χ3n) is 7.16. The molecule has 0 radical (unpaired) electrons. The van der Waals surface area contributed by atoms with Gasteiger partial charge >= 0.3 is 0 Å². The molecule has 1 saturated heterocycles. The molecule has 1 unspecified atom stereocenters. The Morgan fingerprint density at radius 3 is 2.50 bits per heavy atom. The van der Waals surface area contributed by atoms with Crippen LogP contribution in [0.2, 0.25) is 0 Å². The predicted octanol–water partition coefficient (Wildman–Crippen LogP) is 6.78. The van der Waals surface area contributed by atoms with Gasteiger partial charge in [-0.2, -0.15) is 11.8 Å². The summed E-state index contributed by atoms with van der Waals surface area (Å²) in [7, 11) is 0. The first-order valence-corrected chi connectivity index (χ1v) is 13.0. The van der Waals surface area contributed by atoms with E-state index in [2.05, 4.69) is 0 Å². The maximum absolute atomic E-state index is 13.6. The molecule has 2 aromatic carbocycles. The number of carbonyl (C=O) groups is 1. The number of anilines is 1. The van der Waals surface area contributed by atoms with Crippen LogP contribution in [0.1, 0.15) is 56.9 Å². The van der Waals surface area contributed by atoms with Gasteiger partial charge in [0.2, 0.25) is 0 Å². The number of amides is 1. The highest BCUT2D eigenvalue weighted by Gasteiger charge is 2.44. The molecule has 2 aliphatic rings. The lowest BCUT2D eigenvalue weighted by atomic mass is 9.72. The normalized spacial score (nSPS) is 20.5. The second-order valence-electron chi connectivity index (χ2n) is 9.28. The first-order chi connectivity index (χ1) is 15.6. The highest BCUT2D eigenvalue weighted by atomic mass is 32.2. The SMILES string of the molecule is Cc1cc(OCC(=O)N(CC2SCCC23CCCCCCC3)c2ccccc2)ccc1F. The smallest absolute Gasteiger partial charge is 0.264 e. The molecule has 1 aliphatic carbocycles. The van der Waals surface area contributed by atoms with E-state index in [4.69, 9.17) is 4.74 Å². The van der Waals surface area contributed by atoms with Crippen LogP contribution in [0.3, 0.4) is 0 Å². The van der Waals surface area contributed by atoms with Gasteiger partial charge in [-0.15, -0.1) is 0 Å². The summed E-state index contributed by atoms with van der Waals surface area (Å²) in [6.45, 7) is 2.37. The lowest BCUT2D eigenvalue weighted by molar-refractivity contribution is -0.120. The van der Waals surface area contributed by atoms with Crippen LogP contribution >= 0.6 is 11.8 Å². The van der Waals surface area contributed by atoms with Gasteiger partial charge < -0.3 is 9.64 Å². The Morgan fingerprint density at radius 2 is 1.78 bits per heavy atom. The van der Waals surface area contributed by atoms with Crippen LogP contribution in [-0.2, 0) is 4.79 Å². The number of para-hydroxylation sites is 1. The molecule has 172 valence electrons. The number of aryl methyl sites for hydroxylation is 1. The lowest BCUT2D eigenvalue weighted by Gasteiger charge is -2.39. The van der Waals surface area contributed by atoms with E-state index in [0.29, 0.717) is 22.0 Å². The van der Waals surface area contributed by atoms with Crippen molar-refractivity contribution in [3.63, 3.8) is 0 Å². The Morgan fingerprint density at radius 1 is 1.06 bits per heavy atom. The van der Waals surface area contributed by atoms with E-state index < -0.39 is 0 Å². The monoisotopic (exact) mass is 455 g/mol. The summed E-state index contributed by atoms with van der Waals surface area (Å²) in [5, 5.41) is 0.456. The summed E-state index contributed by atoms with van der Waals surface area (Å²) >= 11 is 2.05. The van der Waals surface area contributed by atoms with Gasteiger partial charge in [-0.1, -0.05) is 50.3 Å². The minimum atomic E-state index is -0.266. The summed E-state index contributed by atoms with van der Waals surface area (Å²) in [5.74, 6) is 1.40. The maximum atomic E-state index is 13.6. The van der Waals surface area contributed by atoms with E-state index in [1.54, 1.807) is 19.1 Å². The molecule has 5 heteroatoms. The highest BCUT2D eigenvalue weighted by Crippen LogP contribution is 2.51. The van der Waals surface area contributed by atoms with Gasteiger partial charge in [0.25, 0.3) is 5.91 Å². The van der Waals surface area contributed by atoms with Crippen LogP contribution in [0.15, 0.2) is 48.5 Å². The maximum Gasteiger partial charge on any atom is 0.264 e. The van der Waals surface area contributed by atoms with Gasteiger partial charge in [0, 0.05) is 17.5 Å². The van der Waals surface area contributed by atoms with E-state index in [-0.39, 0.29) is 18.3 Å². The second kappa shape index (κ2) is 10.7. The molecule has 0 aromatic heterocycles. The fourth-order valence-electron chi connectivity index (χ4n) is 5.22. The summed E-state index contributed by atoms with van der Waals surface area (Å²) < 4.78 is 19.3. The molecule has 0 N–H and O–H groups in total. The zero-order valence-corrected chi connectivity index (χ0v) is 19.8. The quantitative estimate of drug-likeness (QED) is 0.481. The molecular weight excluding hydrogens is 421 g/mol. The first-order valence-electron chi connectivity index (χ1n) is 11.9. The summed E-state index contributed by atoms with van der Waals surface area (Å²) in [5.41, 5.74) is 1.79. The van der Waals surface area contributed by atoms with Crippen molar-refractivity contribution in [2.45, 2.75) is 63.5 Å². The molecule has 1 amide bonds. The van der Waals surface area contributed by atoms with Gasteiger partial charge in [-0.3, -0.25) is 4.79 Å². The van der Waals surface area contributed by atoms with Gasteiger partial charge in [0.1, 0.15) is 11.6 Å². The minimum Gasteiger partial charge on any atom is -0.484 e. The molecular formula is C27H34FNO2S. The number of carbonyl (C=O) groups excluding carboxylic acids is 1. The van der Waals surface area contributed by atoms with Crippen LogP contribution in [0.4, 0.5) is 10.1 Å². The zero-order chi connectivity index (χ0) is 22.4. The minimum absolute atomic E-state index is 0.0494. The predicted molar refractivity (Wildman–Crippen MR) is 131 cm³/mol. The van der Waals surface area contributed by atoms with Gasteiger partial charge in [0.05, 0.1) is 0 Å². The average molecular weight is 456 g/mol. The zero-order valence-electron chi connectivity index (χ0n) is 19.0. The van der Waals surface area contributed by atoms with Gasteiger partial charge in [0.15, 0.2) is 6.61 Å². The topological polar surface area (TPSA) is 29.5 Å². The Hall–Kier alpha value is -2.01. The number of rotatable bonds is 6. The van der Waals surface area contributed by atoms with E-state index in [1.165, 1.54) is 63.2 Å². The molecule has 1 aliphatic heterocycles. The number of ether oxygens (including phenoxy) is 1. The first kappa shape index (κ1) is 23.2. The van der Waals surface area contributed by atoms with Gasteiger partial charge in [-0.05, 0) is 73.2 Å². The average Bonchev–Trinajstić information content (AvgIpc) is 3.18. The number of nitrogens with zero attached hydrogens (tertiary/aromatic N) is 1. The molecule has 4 rings (SSSR count). The highest BCUT2D eigenvalue weighted by molar-refractivity contribution is 8.00. The van der Waals surface area contributed by atoms with Crippen LogP contribution < -0.4 is 9.64 Å². The molecule has 1 spiro atoms. The van der Waals surface area contributed by atoms with Crippen molar-refractivity contribution in [3.8, 4) is 5.75 Å². The fraction of sp³-hybridized carbons (Fsp3) is 0.519. The molecule has 2 aromatic rings. The van der Waals surface area contributed by atoms with Crippen molar-refractivity contribution in [3.05, 3.63) is 59.9 Å². The van der Waals surface area contributed by atoms with Crippen molar-refractivity contribution in [2.75, 3.05) is 23.8 Å². The number of halogens is 1. The summed E-state index contributed by atoms with van der Waals surface area (Å²) in [6, 6.07) is 14.6.